The summed E-state index contributed by atoms with van der Waals surface area (Å²) >= 11 is 0. The van der Waals surface area contributed by atoms with Gasteiger partial charge in [-0.15, -0.1) is 0 Å². The summed E-state index contributed by atoms with van der Waals surface area (Å²) in [6, 6.07) is 7.15. The molecule has 0 aliphatic carbocycles. The maximum absolute atomic E-state index is 11.8. The van der Waals surface area contributed by atoms with Crippen molar-refractivity contribution in [1.29, 1.82) is 0 Å². The Morgan fingerprint density at radius 2 is 2.14 bits per heavy atom. The summed E-state index contributed by atoms with van der Waals surface area (Å²) in [5, 5.41) is 10.7. The van der Waals surface area contributed by atoms with Crippen LogP contribution in [0.15, 0.2) is 24.3 Å². The van der Waals surface area contributed by atoms with Gasteiger partial charge in [0, 0.05) is 12.0 Å². The van der Waals surface area contributed by atoms with Crippen LogP contribution in [0.4, 0.5) is 0 Å². The molecule has 2 unspecified atom stereocenters. The molecule has 3 N–H and O–H groups in total. The van der Waals surface area contributed by atoms with E-state index in [9.17, 15) is 13.5 Å². The second kappa shape index (κ2) is 5.94. The van der Waals surface area contributed by atoms with Crippen LogP contribution in [-0.2, 0) is 9.84 Å². The van der Waals surface area contributed by atoms with E-state index in [1.54, 1.807) is 18.2 Å². The van der Waals surface area contributed by atoms with E-state index >= 15 is 0 Å². The highest BCUT2D eigenvalue weighted by molar-refractivity contribution is 7.91. The fourth-order valence-corrected chi connectivity index (χ4v) is 4.97. The minimum absolute atomic E-state index is 0.0349. The normalized spacial score (nSPS) is 26.0. The van der Waals surface area contributed by atoms with E-state index in [-0.39, 0.29) is 24.2 Å². The van der Waals surface area contributed by atoms with Gasteiger partial charge in [0.2, 0.25) is 0 Å². The Bertz CT molecular complexity index is 599. The Labute approximate surface area is 126 Å². The minimum Gasteiger partial charge on any atom is -0.491 e. The number of hydrogen-bond acceptors (Lipinski definition) is 5. The quantitative estimate of drug-likeness (QED) is 0.854. The average molecular weight is 313 g/mol. The maximum Gasteiger partial charge on any atom is 0.151 e. The summed E-state index contributed by atoms with van der Waals surface area (Å²) < 4.78 is 29.1. The molecule has 1 aliphatic heterocycles. The molecule has 118 valence electrons. The van der Waals surface area contributed by atoms with Crippen molar-refractivity contribution in [3.05, 3.63) is 29.8 Å². The van der Waals surface area contributed by atoms with Gasteiger partial charge < -0.3 is 15.6 Å². The Kier molecular flexibility index (Phi) is 4.60. The van der Waals surface area contributed by atoms with Crippen molar-refractivity contribution >= 4 is 9.84 Å². The predicted octanol–water partition coefficient (Wildman–Crippen LogP) is 1.27. The lowest BCUT2D eigenvalue weighted by molar-refractivity contribution is 0.0469. The van der Waals surface area contributed by atoms with Crippen molar-refractivity contribution in [2.24, 2.45) is 11.1 Å². The summed E-state index contributed by atoms with van der Waals surface area (Å²) in [5.74, 6) is 0.686. The number of nitrogens with two attached hydrogens (primary N) is 1. The number of benzene rings is 1. The third kappa shape index (κ3) is 3.56. The standard InChI is InChI=1S/C15H23NO4S/c1-11(2)20-13-5-3-4-12(8-13)14(17)15(9-16)6-7-21(18,19)10-15/h3-5,8,11,14,17H,6-7,9-10,16H2,1-2H3. The third-order valence-corrected chi connectivity index (χ3v) is 5.79. The molecular formula is C15H23NO4S. The van der Waals surface area contributed by atoms with Gasteiger partial charge in [-0.2, -0.15) is 0 Å². The van der Waals surface area contributed by atoms with Crippen LogP contribution in [0.3, 0.4) is 0 Å². The van der Waals surface area contributed by atoms with Crippen molar-refractivity contribution in [2.75, 3.05) is 18.1 Å². The average Bonchev–Trinajstić information content (AvgIpc) is 2.74. The van der Waals surface area contributed by atoms with Crippen LogP contribution < -0.4 is 10.5 Å². The van der Waals surface area contributed by atoms with Crippen molar-refractivity contribution in [3.63, 3.8) is 0 Å². The minimum atomic E-state index is -3.12. The monoisotopic (exact) mass is 313 g/mol. The van der Waals surface area contributed by atoms with Crippen LogP contribution in [-0.4, -0.2) is 37.7 Å². The van der Waals surface area contributed by atoms with E-state index in [1.807, 2.05) is 19.9 Å². The smallest absolute Gasteiger partial charge is 0.151 e. The zero-order valence-electron chi connectivity index (χ0n) is 12.5. The van der Waals surface area contributed by atoms with E-state index in [2.05, 4.69) is 0 Å². The molecule has 1 aliphatic rings. The molecule has 0 aromatic heterocycles. The Hall–Kier alpha value is -1.11. The van der Waals surface area contributed by atoms with Crippen LogP contribution in [0, 0.1) is 5.41 Å². The van der Waals surface area contributed by atoms with Gasteiger partial charge in [0.15, 0.2) is 9.84 Å². The second-order valence-electron chi connectivity index (χ2n) is 6.05. The number of sulfone groups is 1. The molecule has 0 saturated carbocycles. The number of rotatable bonds is 5. The molecule has 2 rings (SSSR count). The number of aliphatic hydroxyl groups excluding tert-OH is 1. The molecule has 21 heavy (non-hydrogen) atoms. The molecule has 1 heterocycles. The molecule has 6 heteroatoms. The van der Waals surface area contributed by atoms with Crippen molar-refractivity contribution < 1.29 is 18.3 Å². The first-order valence-electron chi connectivity index (χ1n) is 7.13. The Morgan fingerprint density at radius 3 is 2.67 bits per heavy atom. The molecule has 1 fully saturated rings. The summed E-state index contributed by atoms with van der Waals surface area (Å²) in [6.45, 7) is 3.99. The summed E-state index contributed by atoms with van der Waals surface area (Å²) in [5.41, 5.74) is 5.64. The first kappa shape index (κ1) is 16.3. The fourth-order valence-electron chi connectivity index (χ4n) is 2.81. The molecule has 0 bridgehead atoms. The van der Waals surface area contributed by atoms with Crippen LogP contribution >= 0.6 is 0 Å². The van der Waals surface area contributed by atoms with Crippen LogP contribution in [0.25, 0.3) is 0 Å². The predicted molar refractivity (Wildman–Crippen MR) is 81.9 cm³/mol. The highest BCUT2D eigenvalue weighted by atomic mass is 32.2. The van der Waals surface area contributed by atoms with Gasteiger partial charge in [0.05, 0.1) is 23.7 Å². The van der Waals surface area contributed by atoms with Gasteiger partial charge >= 0.3 is 0 Å². The zero-order chi connectivity index (χ0) is 15.7. The Balaban J connectivity index is 2.28. The topological polar surface area (TPSA) is 89.6 Å². The van der Waals surface area contributed by atoms with E-state index < -0.39 is 21.4 Å². The lowest BCUT2D eigenvalue weighted by Crippen LogP contribution is -2.38. The van der Waals surface area contributed by atoms with E-state index in [1.165, 1.54) is 0 Å². The SMILES string of the molecule is CC(C)Oc1cccc(C(O)C2(CN)CCS(=O)(=O)C2)c1. The van der Waals surface area contributed by atoms with Gasteiger partial charge in [-0.3, -0.25) is 0 Å². The third-order valence-electron chi connectivity index (χ3n) is 3.95. The Morgan fingerprint density at radius 1 is 1.43 bits per heavy atom. The highest BCUT2D eigenvalue weighted by Crippen LogP contribution is 2.43. The van der Waals surface area contributed by atoms with Gasteiger partial charge in [-0.05, 0) is 38.0 Å². The van der Waals surface area contributed by atoms with Crippen LogP contribution in [0.5, 0.6) is 5.75 Å². The zero-order valence-corrected chi connectivity index (χ0v) is 13.3. The molecule has 5 nitrogen and oxygen atoms in total. The first-order valence-corrected chi connectivity index (χ1v) is 8.95. The molecular weight excluding hydrogens is 290 g/mol. The van der Waals surface area contributed by atoms with E-state index in [4.69, 9.17) is 10.5 Å². The molecule has 0 radical (unpaired) electrons. The molecule has 0 amide bonds. The van der Waals surface area contributed by atoms with Gasteiger partial charge in [0.1, 0.15) is 5.75 Å². The van der Waals surface area contributed by atoms with Crippen molar-refractivity contribution in [3.8, 4) is 5.75 Å². The summed E-state index contributed by atoms with van der Waals surface area (Å²) in [6.07, 6.45) is -0.481. The second-order valence-corrected chi connectivity index (χ2v) is 8.23. The largest absolute Gasteiger partial charge is 0.491 e. The lowest BCUT2D eigenvalue weighted by Gasteiger charge is -2.32. The number of ether oxygens (including phenoxy) is 1. The molecule has 1 saturated heterocycles. The van der Waals surface area contributed by atoms with E-state index in [0.29, 0.717) is 17.7 Å². The van der Waals surface area contributed by atoms with Gasteiger partial charge in [-0.1, -0.05) is 12.1 Å². The number of hydrogen-bond donors (Lipinski definition) is 2. The molecule has 1 aromatic carbocycles. The highest BCUT2D eigenvalue weighted by Gasteiger charge is 2.47. The molecule has 0 spiro atoms. The summed E-state index contributed by atoms with van der Waals surface area (Å²) in [4.78, 5) is 0. The van der Waals surface area contributed by atoms with Crippen molar-refractivity contribution in [2.45, 2.75) is 32.5 Å². The van der Waals surface area contributed by atoms with Crippen molar-refractivity contribution in [1.82, 2.24) is 0 Å². The van der Waals surface area contributed by atoms with Crippen LogP contribution in [0.2, 0.25) is 0 Å². The lowest BCUT2D eigenvalue weighted by atomic mass is 9.78. The van der Waals surface area contributed by atoms with Crippen LogP contribution in [0.1, 0.15) is 31.9 Å². The van der Waals surface area contributed by atoms with Gasteiger partial charge in [-0.25, -0.2) is 8.42 Å². The van der Waals surface area contributed by atoms with E-state index in [0.717, 1.165) is 0 Å². The molecule has 2 atom stereocenters. The summed E-state index contributed by atoms with van der Waals surface area (Å²) in [7, 11) is -3.12. The fraction of sp³-hybridized carbons (Fsp3) is 0.600. The first-order chi connectivity index (χ1) is 9.78. The maximum atomic E-state index is 11.8. The number of aliphatic hydroxyl groups is 1. The van der Waals surface area contributed by atoms with Gasteiger partial charge in [0.25, 0.3) is 0 Å². The molecule has 1 aromatic rings.